The average Bonchev–Trinajstić information content (AvgIpc) is 2.88. The molecular formula is C15H13ClN6. The molecule has 0 aliphatic heterocycles. The summed E-state index contributed by atoms with van der Waals surface area (Å²) in [6.45, 7) is 8.95. The molecule has 0 atom stereocenters. The van der Waals surface area contributed by atoms with E-state index in [9.17, 15) is 0 Å². The lowest BCUT2D eigenvalue weighted by Gasteiger charge is -2.19. The van der Waals surface area contributed by atoms with Crippen LogP contribution < -0.4 is 4.90 Å². The van der Waals surface area contributed by atoms with Gasteiger partial charge in [0.05, 0.1) is 17.0 Å². The number of nitrogens with zero attached hydrogens (tertiary/aromatic N) is 6. The first-order chi connectivity index (χ1) is 10.5. The van der Waals surface area contributed by atoms with Crippen molar-refractivity contribution in [3.8, 4) is 0 Å². The van der Waals surface area contributed by atoms with Crippen LogP contribution in [0, 0.1) is 13.5 Å². The van der Waals surface area contributed by atoms with E-state index in [0.29, 0.717) is 22.2 Å². The average molecular weight is 313 g/mol. The highest BCUT2D eigenvalue weighted by Gasteiger charge is 2.15. The van der Waals surface area contributed by atoms with Crippen LogP contribution in [0.1, 0.15) is 5.56 Å². The minimum absolute atomic E-state index is 0.378. The molecule has 0 aliphatic carbocycles. The predicted molar refractivity (Wildman–Crippen MR) is 86.8 cm³/mol. The number of hydrogen-bond donors (Lipinski definition) is 0. The van der Waals surface area contributed by atoms with Gasteiger partial charge in [0.1, 0.15) is 17.5 Å². The Hall–Kier alpha value is -2.65. The molecule has 3 heterocycles. The predicted octanol–water partition coefficient (Wildman–Crippen LogP) is 3.64. The van der Waals surface area contributed by atoms with Gasteiger partial charge in [0.15, 0.2) is 5.65 Å². The summed E-state index contributed by atoms with van der Waals surface area (Å²) in [6, 6.07) is 3.53. The highest BCUT2D eigenvalue weighted by atomic mass is 35.5. The second-order valence-corrected chi connectivity index (χ2v) is 5.40. The zero-order valence-electron chi connectivity index (χ0n) is 12.4. The van der Waals surface area contributed by atoms with E-state index in [-0.39, 0.29) is 0 Å². The van der Waals surface area contributed by atoms with Crippen molar-refractivity contribution in [1.29, 1.82) is 0 Å². The smallest absolute Gasteiger partial charge is 0.269 e. The van der Waals surface area contributed by atoms with Crippen LogP contribution in [-0.2, 0) is 7.05 Å². The minimum Gasteiger partial charge on any atom is -0.361 e. The van der Waals surface area contributed by atoms with Gasteiger partial charge in [-0.05, 0) is 18.6 Å². The molecule has 3 rings (SSSR count). The molecule has 0 N–H and O–H groups in total. The molecule has 0 aromatic carbocycles. The van der Waals surface area contributed by atoms with E-state index in [1.54, 1.807) is 24.7 Å². The van der Waals surface area contributed by atoms with Crippen LogP contribution in [-0.4, -0.2) is 26.6 Å². The van der Waals surface area contributed by atoms with Gasteiger partial charge in [-0.2, -0.15) is 0 Å². The fourth-order valence-electron chi connectivity index (χ4n) is 2.29. The van der Waals surface area contributed by atoms with E-state index in [1.807, 2.05) is 30.5 Å². The number of pyridine rings is 2. The van der Waals surface area contributed by atoms with Crippen LogP contribution in [0.5, 0.6) is 0 Å². The monoisotopic (exact) mass is 312 g/mol. The molecule has 0 aliphatic rings. The van der Waals surface area contributed by atoms with Crippen LogP contribution in [0.3, 0.4) is 0 Å². The summed E-state index contributed by atoms with van der Waals surface area (Å²) in [5, 5.41) is 0.552. The molecule has 0 fully saturated rings. The Morgan fingerprint density at radius 1 is 1.32 bits per heavy atom. The van der Waals surface area contributed by atoms with Crippen LogP contribution >= 0.6 is 11.6 Å². The lowest BCUT2D eigenvalue weighted by molar-refractivity contribution is 0.928. The largest absolute Gasteiger partial charge is 0.361 e. The van der Waals surface area contributed by atoms with Gasteiger partial charge >= 0.3 is 0 Å². The van der Waals surface area contributed by atoms with Crippen LogP contribution in [0.4, 0.5) is 17.3 Å². The Morgan fingerprint density at radius 3 is 2.77 bits per heavy atom. The third-order valence-corrected chi connectivity index (χ3v) is 3.78. The number of imidazole rings is 1. The van der Waals surface area contributed by atoms with Crippen molar-refractivity contribution in [3.05, 3.63) is 46.7 Å². The summed E-state index contributed by atoms with van der Waals surface area (Å²) >= 11 is 6.30. The molecule has 0 saturated carbocycles. The van der Waals surface area contributed by atoms with Gasteiger partial charge in [-0.3, -0.25) is 0 Å². The molecule has 6 nitrogen and oxygen atoms in total. The molecular weight excluding hydrogens is 300 g/mol. The molecule has 22 heavy (non-hydrogen) atoms. The molecule has 3 aromatic rings. The van der Waals surface area contributed by atoms with E-state index < -0.39 is 0 Å². The topological polar surface area (TPSA) is 51.2 Å². The second kappa shape index (κ2) is 5.28. The van der Waals surface area contributed by atoms with Crippen molar-refractivity contribution in [2.24, 2.45) is 7.05 Å². The van der Waals surface area contributed by atoms with E-state index in [4.69, 9.17) is 18.2 Å². The number of halogens is 1. The van der Waals surface area contributed by atoms with E-state index in [0.717, 1.165) is 16.9 Å². The molecule has 0 amide bonds. The van der Waals surface area contributed by atoms with Crippen molar-refractivity contribution in [3.63, 3.8) is 0 Å². The SMILES string of the molecule is [C-]#[N+]c1cc(C)c(N(C)c2cc(Cl)c3ncn(C)c3n2)cn1. The van der Waals surface area contributed by atoms with Crippen molar-refractivity contribution in [2.45, 2.75) is 6.92 Å². The Labute approximate surface area is 132 Å². The highest BCUT2D eigenvalue weighted by molar-refractivity contribution is 6.35. The van der Waals surface area contributed by atoms with Gasteiger partial charge in [0.25, 0.3) is 5.82 Å². The summed E-state index contributed by atoms with van der Waals surface area (Å²) < 4.78 is 1.83. The third-order valence-electron chi connectivity index (χ3n) is 3.50. The Bertz CT molecular complexity index is 908. The standard InChI is InChI=1S/C15H13ClN6/c1-9-5-12(17-2)18-7-11(9)22(4)13-6-10(16)14-15(20-13)21(3)8-19-14/h5-8H,1,3-4H3. The number of aromatic nitrogens is 4. The van der Waals surface area contributed by atoms with Crippen LogP contribution in [0.15, 0.2) is 24.7 Å². The summed E-state index contributed by atoms with van der Waals surface area (Å²) in [4.78, 5) is 18.2. The lowest BCUT2D eigenvalue weighted by atomic mass is 10.2. The Kier molecular flexibility index (Phi) is 3.43. The first kappa shape index (κ1) is 14.3. The maximum Gasteiger partial charge on any atom is 0.269 e. The molecule has 0 bridgehead atoms. The van der Waals surface area contributed by atoms with Gasteiger partial charge in [-0.25, -0.2) is 9.97 Å². The number of fused-ring (bicyclic) bond motifs is 1. The molecule has 0 radical (unpaired) electrons. The fourth-order valence-corrected chi connectivity index (χ4v) is 2.52. The second-order valence-electron chi connectivity index (χ2n) is 4.99. The number of hydrogen-bond acceptors (Lipinski definition) is 4. The normalized spacial score (nSPS) is 10.7. The Balaban J connectivity index is 2.11. The summed E-state index contributed by atoms with van der Waals surface area (Å²) in [7, 11) is 3.77. The molecule has 0 unspecified atom stereocenters. The van der Waals surface area contributed by atoms with Crippen molar-refractivity contribution in [2.75, 3.05) is 11.9 Å². The maximum absolute atomic E-state index is 7.02. The van der Waals surface area contributed by atoms with Crippen LogP contribution in [0.25, 0.3) is 16.0 Å². The third kappa shape index (κ3) is 2.26. The molecule has 7 heteroatoms. The van der Waals surface area contributed by atoms with Gasteiger partial charge in [-0.1, -0.05) is 18.2 Å². The number of rotatable bonds is 2. The van der Waals surface area contributed by atoms with Gasteiger partial charge in [-0.15, -0.1) is 4.98 Å². The Morgan fingerprint density at radius 2 is 2.09 bits per heavy atom. The zero-order valence-corrected chi connectivity index (χ0v) is 13.1. The van der Waals surface area contributed by atoms with Crippen molar-refractivity contribution in [1.82, 2.24) is 19.5 Å². The van der Waals surface area contributed by atoms with Gasteiger partial charge in [0.2, 0.25) is 0 Å². The molecule has 0 saturated heterocycles. The number of anilines is 2. The van der Waals surface area contributed by atoms with Crippen molar-refractivity contribution < 1.29 is 0 Å². The van der Waals surface area contributed by atoms with E-state index in [1.165, 1.54) is 0 Å². The molecule has 0 spiro atoms. The summed E-state index contributed by atoms with van der Waals surface area (Å²) in [6.07, 6.45) is 3.36. The quantitative estimate of drug-likeness (QED) is 0.678. The minimum atomic E-state index is 0.378. The van der Waals surface area contributed by atoms with Gasteiger partial charge < -0.3 is 14.3 Å². The van der Waals surface area contributed by atoms with Crippen LogP contribution in [0.2, 0.25) is 5.02 Å². The highest BCUT2D eigenvalue weighted by Crippen LogP contribution is 2.31. The van der Waals surface area contributed by atoms with Gasteiger partial charge in [0, 0.05) is 20.2 Å². The summed E-state index contributed by atoms with van der Waals surface area (Å²) in [5.74, 6) is 1.07. The fraction of sp³-hybridized carbons (Fsp3) is 0.200. The van der Waals surface area contributed by atoms with Crippen molar-refractivity contribution >= 4 is 40.1 Å². The zero-order chi connectivity index (χ0) is 15.9. The number of aryl methyl sites for hydroxylation is 2. The summed E-state index contributed by atoms with van der Waals surface area (Å²) in [5.41, 5.74) is 3.22. The molecule has 110 valence electrons. The van der Waals surface area contributed by atoms with E-state index in [2.05, 4.69) is 19.8 Å². The van der Waals surface area contributed by atoms with E-state index >= 15 is 0 Å². The lowest BCUT2D eigenvalue weighted by Crippen LogP contribution is -2.13. The first-order valence-electron chi connectivity index (χ1n) is 6.56. The molecule has 3 aromatic heterocycles. The first-order valence-corrected chi connectivity index (χ1v) is 6.94. The maximum atomic E-state index is 7.02.